The van der Waals surface area contributed by atoms with Crippen LogP contribution in [0.5, 0.6) is 5.75 Å². The average Bonchev–Trinajstić information content (AvgIpc) is 2.82. The third-order valence-electron chi connectivity index (χ3n) is 4.17. The van der Waals surface area contributed by atoms with Crippen molar-refractivity contribution in [2.45, 2.75) is 45.3 Å². The van der Waals surface area contributed by atoms with Gasteiger partial charge in [0.1, 0.15) is 17.4 Å². The summed E-state index contributed by atoms with van der Waals surface area (Å²) >= 11 is 0. The van der Waals surface area contributed by atoms with Gasteiger partial charge in [-0.15, -0.1) is 10.2 Å². The summed E-state index contributed by atoms with van der Waals surface area (Å²) in [5, 5.41) is 11.1. The fraction of sp³-hybridized carbons (Fsp3) is 0.471. The van der Waals surface area contributed by atoms with Gasteiger partial charge in [0.25, 0.3) is 5.91 Å². The zero-order chi connectivity index (χ0) is 17.6. The number of halogens is 2. The van der Waals surface area contributed by atoms with Crippen LogP contribution in [0.2, 0.25) is 0 Å². The monoisotopic (exact) mass is 350 g/mol. The van der Waals surface area contributed by atoms with Crippen LogP contribution < -0.4 is 10.1 Å². The predicted octanol–water partition coefficient (Wildman–Crippen LogP) is 2.58. The normalized spacial score (nSPS) is 14.0. The van der Waals surface area contributed by atoms with E-state index in [4.69, 9.17) is 0 Å². The fourth-order valence-corrected chi connectivity index (χ4v) is 2.97. The van der Waals surface area contributed by atoms with E-state index in [2.05, 4.69) is 24.8 Å². The molecule has 0 radical (unpaired) electrons. The van der Waals surface area contributed by atoms with Crippen molar-refractivity contribution in [2.75, 3.05) is 6.54 Å². The maximum Gasteiger partial charge on any atom is 0.387 e. The standard InChI is InChI=1S/C17H20F2N4O2/c18-17(19)25-13-7-4-3-6-12(13)16(24)20-10-9-15-22-21-14-8-2-1-5-11-23(14)15/h3-4,6-7,17H,1-2,5,8-11H2,(H,20,24). The lowest BCUT2D eigenvalue weighted by Crippen LogP contribution is -2.27. The summed E-state index contributed by atoms with van der Waals surface area (Å²) in [6.07, 6.45) is 4.87. The smallest absolute Gasteiger partial charge is 0.387 e. The Labute approximate surface area is 144 Å². The maximum absolute atomic E-state index is 12.4. The zero-order valence-corrected chi connectivity index (χ0v) is 13.8. The topological polar surface area (TPSA) is 69.0 Å². The van der Waals surface area contributed by atoms with E-state index in [0.717, 1.165) is 37.5 Å². The first kappa shape index (κ1) is 17.3. The second kappa shape index (κ2) is 8.04. The number of alkyl halides is 2. The third-order valence-corrected chi connectivity index (χ3v) is 4.17. The number of aryl methyl sites for hydroxylation is 1. The number of ether oxygens (including phenoxy) is 1. The molecule has 0 saturated heterocycles. The van der Waals surface area contributed by atoms with Gasteiger partial charge in [-0.3, -0.25) is 4.79 Å². The number of benzene rings is 1. The number of rotatable bonds is 6. The van der Waals surface area contributed by atoms with Gasteiger partial charge in [-0.1, -0.05) is 18.6 Å². The average molecular weight is 350 g/mol. The van der Waals surface area contributed by atoms with Crippen molar-refractivity contribution in [1.82, 2.24) is 20.1 Å². The molecule has 0 bridgehead atoms. The number of aromatic nitrogens is 3. The molecule has 6 nitrogen and oxygen atoms in total. The lowest BCUT2D eigenvalue weighted by molar-refractivity contribution is -0.0501. The van der Waals surface area contributed by atoms with Crippen LogP contribution in [0.15, 0.2) is 24.3 Å². The number of para-hydroxylation sites is 1. The molecule has 0 unspecified atom stereocenters. The Bertz CT molecular complexity index is 733. The van der Waals surface area contributed by atoms with Crippen molar-refractivity contribution in [2.24, 2.45) is 0 Å². The molecule has 1 aliphatic rings. The molecule has 3 rings (SSSR count). The van der Waals surface area contributed by atoms with Crippen LogP contribution in [0.25, 0.3) is 0 Å². The molecule has 1 aliphatic heterocycles. The molecule has 1 N–H and O–H groups in total. The van der Waals surface area contributed by atoms with E-state index in [0.29, 0.717) is 13.0 Å². The lowest BCUT2D eigenvalue weighted by Gasteiger charge is -2.11. The van der Waals surface area contributed by atoms with E-state index in [1.165, 1.54) is 18.6 Å². The molecular formula is C17H20F2N4O2. The van der Waals surface area contributed by atoms with Crippen LogP contribution in [-0.4, -0.2) is 33.8 Å². The number of carbonyl (C=O) groups excluding carboxylic acids is 1. The first-order valence-electron chi connectivity index (χ1n) is 8.38. The highest BCUT2D eigenvalue weighted by molar-refractivity contribution is 5.96. The van der Waals surface area contributed by atoms with Crippen molar-refractivity contribution >= 4 is 5.91 Å². The Morgan fingerprint density at radius 2 is 2.08 bits per heavy atom. The van der Waals surface area contributed by atoms with Crippen LogP contribution in [-0.2, 0) is 19.4 Å². The zero-order valence-electron chi connectivity index (χ0n) is 13.8. The highest BCUT2D eigenvalue weighted by Gasteiger charge is 2.17. The van der Waals surface area contributed by atoms with Crippen LogP contribution >= 0.6 is 0 Å². The van der Waals surface area contributed by atoms with Gasteiger partial charge in [0.15, 0.2) is 0 Å². The van der Waals surface area contributed by atoms with E-state index in [1.807, 2.05) is 0 Å². The second-order valence-electron chi connectivity index (χ2n) is 5.88. The largest absolute Gasteiger partial charge is 0.434 e. The first-order valence-corrected chi connectivity index (χ1v) is 8.38. The van der Waals surface area contributed by atoms with Crippen molar-refractivity contribution < 1.29 is 18.3 Å². The maximum atomic E-state index is 12.4. The summed E-state index contributed by atoms with van der Waals surface area (Å²) < 4.78 is 31.4. The summed E-state index contributed by atoms with van der Waals surface area (Å²) in [6, 6.07) is 5.95. The minimum absolute atomic E-state index is 0.0860. The van der Waals surface area contributed by atoms with E-state index in [9.17, 15) is 13.6 Å². The summed E-state index contributed by atoms with van der Waals surface area (Å²) in [5.41, 5.74) is 0.0860. The molecule has 25 heavy (non-hydrogen) atoms. The number of nitrogens with zero attached hydrogens (tertiary/aromatic N) is 3. The SMILES string of the molecule is O=C(NCCc1nnc2n1CCCCC2)c1ccccc1OC(F)F. The van der Waals surface area contributed by atoms with Gasteiger partial charge >= 0.3 is 6.61 Å². The van der Waals surface area contributed by atoms with E-state index in [-0.39, 0.29) is 11.3 Å². The molecule has 0 spiro atoms. The van der Waals surface area contributed by atoms with Crippen LogP contribution in [0, 0.1) is 0 Å². The van der Waals surface area contributed by atoms with Crippen molar-refractivity contribution in [3.05, 3.63) is 41.5 Å². The second-order valence-corrected chi connectivity index (χ2v) is 5.88. The lowest BCUT2D eigenvalue weighted by atomic mass is 10.2. The number of fused-ring (bicyclic) bond motifs is 1. The molecule has 0 atom stereocenters. The first-order chi connectivity index (χ1) is 12.1. The quantitative estimate of drug-likeness (QED) is 0.869. The molecule has 8 heteroatoms. The summed E-state index contributed by atoms with van der Waals surface area (Å²) in [7, 11) is 0. The molecule has 0 aliphatic carbocycles. The Kier molecular flexibility index (Phi) is 5.57. The molecule has 1 aromatic carbocycles. The van der Waals surface area contributed by atoms with Gasteiger partial charge in [0, 0.05) is 25.9 Å². The number of hydrogen-bond donors (Lipinski definition) is 1. The summed E-state index contributed by atoms with van der Waals surface area (Å²) in [6.45, 7) is -1.73. The van der Waals surface area contributed by atoms with Gasteiger partial charge in [0.2, 0.25) is 0 Å². The molecule has 134 valence electrons. The summed E-state index contributed by atoms with van der Waals surface area (Å²) in [5.74, 6) is 1.25. The molecule has 0 saturated carbocycles. The van der Waals surface area contributed by atoms with Gasteiger partial charge < -0.3 is 14.6 Å². The number of amides is 1. The van der Waals surface area contributed by atoms with Crippen LogP contribution in [0.1, 0.15) is 41.3 Å². The van der Waals surface area contributed by atoms with Gasteiger partial charge in [0.05, 0.1) is 5.56 Å². The Morgan fingerprint density at radius 3 is 2.92 bits per heavy atom. The molecule has 1 amide bonds. The number of hydrogen-bond acceptors (Lipinski definition) is 4. The highest BCUT2D eigenvalue weighted by Crippen LogP contribution is 2.20. The van der Waals surface area contributed by atoms with Crippen LogP contribution in [0.3, 0.4) is 0 Å². The molecule has 2 aromatic rings. The van der Waals surface area contributed by atoms with E-state index in [1.54, 1.807) is 12.1 Å². The highest BCUT2D eigenvalue weighted by atomic mass is 19.3. The fourth-order valence-electron chi connectivity index (χ4n) is 2.97. The van der Waals surface area contributed by atoms with Crippen LogP contribution in [0.4, 0.5) is 8.78 Å². The summed E-state index contributed by atoms with van der Waals surface area (Å²) in [4.78, 5) is 12.2. The minimum Gasteiger partial charge on any atom is -0.434 e. The van der Waals surface area contributed by atoms with Crippen molar-refractivity contribution in [1.29, 1.82) is 0 Å². The Morgan fingerprint density at radius 1 is 1.24 bits per heavy atom. The number of carbonyl (C=O) groups is 1. The molecule has 1 aromatic heterocycles. The van der Waals surface area contributed by atoms with E-state index < -0.39 is 12.5 Å². The Hall–Kier alpha value is -2.51. The molecular weight excluding hydrogens is 330 g/mol. The molecule has 0 fully saturated rings. The Balaban J connectivity index is 1.60. The minimum atomic E-state index is -2.97. The third kappa shape index (κ3) is 4.32. The van der Waals surface area contributed by atoms with Crippen molar-refractivity contribution in [3.63, 3.8) is 0 Å². The van der Waals surface area contributed by atoms with E-state index >= 15 is 0 Å². The van der Waals surface area contributed by atoms with Gasteiger partial charge in [-0.2, -0.15) is 8.78 Å². The number of nitrogens with one attached hydrogen (secondary N) is 1. The van der Waals surface area contributed by atoms with Crippen molar-refractivity contribution in [3.8, 4) is 5.75 Å². The van der Waals surface area contributed by atoms with Gasteiger partial charge in [-0.25, -0.2) is 0 Å². The van der Waals surface area contributed by atoms with Gasteiger partial charge in [-0.05, 0) is 25.0 Å². The molecule has 2 heterocycles. The predicted molar refractivity (Wildman–Crippen MR) is 86.7 cm³/mol.